The van der Waals surface area contributed by atoms with Crippen LogP contribution in [0.2, 0.25) is 0 Å². The van der Waals surface area contributed by atoms with E-state index in [0.717, 1.165) is 12.8 Å². The number of hydrogen-bond acceptors (Lipinski definition) is 4. The average molecular weight is 267 g/mol. The molecule has 3 fully saturated rings. The van der Waals surface area contributed by atoms with E-state index in [2.05, 4.69) is 11.9 Å². The highest BCUT2D eigenvalue weighted by molar-refractivity contribution is 5.83. The number of nitrogens with zero attached hydrogens (tertiary/aromatic N) is 1. The van der Waals surface area contributed by atoms with Crippen molar-refractivity contribution in [2.24, 2.45) is 11.8 Å². The van der Waals surface area contributed by atoms with Gasteiger partial charge in [0.2, 0.25) is 0 Å². The molecule has 0 aromatic heterocycles. The van der Waals surface area contributed by atoms with Crippen LogP contribution in [0.1, 0.15) is 38.5 Å². The molecule has 5 heteroatoms. The van der Waals surface area contributed by atoms with Crippen molar-refractivity contribution in [3.63, 3.8) is 0 Å². The fraction of sp³-hybridized carbons (Fsp3) is 0.857. The van der Waals surface area contributed by atoms with Gasteiger partial charge in [-0.1, -0.05) is 0 Å². The van der Waals surface area contributed by atoms with Crippen LogP contribution in [-0.4, -0.2) is 47.2 Å². The van der Waals surface area contributed by atoms with E-state index in [9.17, 15) is 9.59 Å². The number of carboxylic acids is 1. The number of esters is 1. The Labute approximate surface area is 112 Å². The average Bonchev–Trinajstić information content (AvgIpc) is 2.51. The first-order chi connectivity index (χ1) is 9.06. The van der Waals surface area contributed by atoms with Gasteiger partial charge in [-0.25, -0.2) is 0 Å². The summed E-state index contributed by atoms with van der Waals surface area (Å²) in [4.78, 5) is 25.4. The molecule has 2 heterocycles. The van der Waals surface area contributed by atoms with Crippen LogP contribution in [0.3, 0.4) is 0 Å². The molecule has 19 heavy (non-hydrogen) atoms. The minimum atomic E-state index is -0.864. The first kappa shape index (κ1) is 12.9. The Bertz CT molecular complexity index is 383. The van der Waals surface area contributed by atoms with E-state index in [-0.39, 0.29) is 12.1 Å². The molecule has 3 aliphatic rings. The monoisotopic (exact) mass is 267 g/mol. The van der Waals surface area contributed by atoms with Gasteiger partial charge in [-0.05, 0) is 45.6 Å². The highest BCUT2D eigenvalue weighted by Crippen LogP contribution is 2.39. The van der Waals surface area contributed by atoms with Crippen molar-refractivity contribution in [2.45, 2.75) is 56.7 Å². The lowest BCUT2D eigenvalue weighted by molar-refractivity contribution is -0.170. The molecule has 2 bridgehead atoms. The number of carbonyl (C=O) groups excluding carboxylic acids is 1. The molecule has 0 aromatic rings. The first-order valence-electron chi connectivity index (χ1n) is 7.21. The number of hydrogen-bond donors (Lipinski definition) is 1. The van der Waals surface area contributed by atoms with Crippen molar-refractivity contribution in [1.29, 1.82) is 0 Å². The Morgan fingerprint density at radius 1 is 1.05 bits per heavy atom. The van der Waals surface area contributed by atoms with Crippen LogP contribution in [0.15, 0.2) is 0 Å². The van der Waals surface area contributed by atoms with Gasteiger partial charge < -0.3 is 14.7 Å². The molecule has 0 spiro atoms. The lowest BCUT2D eigenvalue weighted by Crippen LogP contribution is -2.46. The number of piperidine rings is 1. The Kier molecular flexibility index (Phi) is 3.25. The molecule has 4 unspecified atom stereocenters. The zero-order valence-electron chi connectivity index (χ0n) is 11.2. The van der Waals surface area contributed by atoms with Crippen molar-refractivity contribution in [3.8, 4) is 0 Å². The number of rotatable bonds is 3. The molecule has 1 N–H and O–H groups in total. The summed E-state index contributed by atoms with van der Waals surface area (Å²) in [7, 11) is 2.15. The molecular weight excluding hydrogens is 246 g/mol. The van der Waals surface area contributed by atoms with Crippen LogP contribution in [0, 0.1) is 11.8 Å². The molecule has 0 radical (unpaired) electrons. The highest BCUT2D eigenvalue weighted by atomic mass is 16.5. The maximum atomic E-state index is 12.0. The summed E-state index contributed by atoms with van der Waals surface area (Å²) in [5.74, 6) is -2.07. The quantitative estimate of drug-likeness (QED) is 0.780. The molecule has 1 aliphatic carbocycles. The van der Waals surface area contributed by atoms with Crippen molar-refractivity contribution >= 4 is 11.9 Å². The third kappa shape index (κ3) is 2.24. The van der Waals surface area contributed by atoms with E-state index in [4.69, 9.17) is 9.84 Å². The number of carbonyl (C=O) groups is 2. The molecule has 3 rings (SSSR count). The summed E-state index contributed by atoms with van der Waals surface area (Å²) in [6.07, 6.45) is 5.46. The largest absolute Gasteiger partial charge is 0.481 e. The predicted octanol–water partition coefficient (Wildman–Crippen LogP) is 1.27. The Hall–Kier alpha value is -1.10. The number of carboxylic acid groups (broad SMARTS) is 1. The topological polar surface area (TPSA) is 66.8 Å². The second kappa shape index (κ2) is 4.78. The van der Waals surface area contributed by atoms with Crippen LogP contribution in [0.25, 0.3) is 0 Å². The molecule has 2 saturated heterocycles. The second-order valence-electron chi connectivity index (χ2n) is 6.21. The van der Waals surface area contributed by atoms with E-state index < -0.39 is 17.8 Å². The zero-order chi connectivity index (χ0) is 13.6. The third-order valence-electron chi connectivity index (χ3n) is 5.23. The Morgan fingerprint density at radius 2 is 1.63 bits per heavy atom. The highest BCUT2D eigenvalue weighted by Gasteiger charge is 2.45. The molecule has 4 atom stereocenters. The predicted molar refractivity (Wildman–Crippen MR) is 67.5 cm³/mol. The molecule has 2 aliphatic heterocycles. The van der Waals surface area contributed by atoms with Gasteiger partial charge in [0, 0.05) is 12.1 Å². The normalized spacial score (nSPS) is 41.6. The maximum absolute atomic E-state index is 12.0. The minimum absolute atomic E-state index is 0.00348. The van der Waals surface area contributed by atoms with Gasteiger partial charge in [0.1, 0.15) is 6.10 Å². The zero-order valence-corrected chi connectivity index (χ0v) is 11.2. The first-order valence-corrected chi connectivity index (χ1v) is 7.21. The van der Waals surface area contributed by atoms with Crippen LogP contribution in [0.4, 0.5) is 0 Å². The number of aliphatic carboxylic acids is 1. The number of ether oxygens (including phenoxy) is 1. The van der Waals surface area contributed by atoms with Crippen LogP contribution >= 0.6 is 0 Å². The third-order valence-corrected chi connectivity index (χ3v) is 5.23. The van der Waals surface area contributed by atoms with Crippen molar-refractivity contribution in [2.75, 3.05) is 7.05 Å². The van der Waals surface area contributed by atoms with Gasteiger partial charge in [-0.2, -0.15) is 0 Å². The van der Waals surface area contributed by atoms with Gasteiger partial charge >= 0.3 is 11.9 Å². The van der Waals surface area contributed by atoms with Crippen molar-refractivity contribution < 1.29 is 19.4 Å². The summed E-state index contributed by atoms with van der Waals surface area (Å²) < 4.78 is 5.58. The van der Waals surface area contributed by atoms with Gasteiger partial charge in [-0.3, -0.25) is 9.59 Å². The molecule has 1 saturated carbocycles. The number of fused-ring (bicyclic) bond motifs is 2. The lowest BCUT2D eigenvalue weighted by atomic mass is 9.74. The Morgan fingerprint density at radius 3 is 2.11 bits per heavy atom. The van der Waals surface area contributed by atoms with Gasteiger partial charge in [-0.15, -0.1) is 0 Å². The molecular formula is C14H21NO4. The van der Waals surface area contributed by atoms with E-state index in [1.54, 1.807) is 0 Å². The molecule has 106 valence electrons. The summed E-state index contributed by atoms with van der Waals surface area (Å²) in [6.45, 7) is 0. The van der Waals surface area contributed by atoms with Crippen molar-refractivity contribution in [1.82, 2.24) is 4.90 Å². The molecule has 0 aromatic carbocycles. The maximum Gasteiger partial charge on any atom is 0.310 e. The molecule has 5 nitrogen and oxygen atoms in total. The standard InChI is InChI=1S/C14H21NO4/c1-15-8-2-3-9(15)7-10(6-8)19-14(18)12-5-4-11(12)13(16)17/h8-12H,2-7H2,1H3,(H,16,17). The van der Waals surface area contributed by atoms with E-state index >= 15 is 0 Å². The van der Waals surface area contributed by atoms with E-state index in [1.807, 2.05) is 0 Å². The summed E-state index contributed by atoms with van der Waals surface area (Å²) in [5.41, 5.74) is 0. The van der Waals surface area contributed by atoms with Crippen LogP contribution < -0.4 is 0 Å². The summed E-state index contributed by atoms with van der Waals surface area (Å²) in [5, 5.41) is 8.97. The molecule has 0 amide bonds. The fourth-order valence-corrected chi connectivity index (χ4v) is 3.79. The van der Waals surface area contributed by atoms with Gasteiger partial charge in [0.15, 0.2) is 0 Å². The summed E-state index contributed by atoms with van der Waals surface area (Å²) in [6, 6.07) is 1.07. The van der Waals surface area contributed by atoms with E-state index in [0.29, 0.717) is 24.9 Å². The van der Waals surface area contributed by atoms with Crippen LogP contribution in [0.5, 0.6) is 0 Å². The Balaban J connectivity index is 1.55. The van der Waals surface area contributed by atoms with Gasteiger partial charge in [0.25, 0.3) is 0 Å². The van der Waals surface area contributed by atoms with Crippen molar-refractivity contribution in [3.05, 3.63) is 0 Å². The lowest BCUT2D eigenvalue weighted by Gasteiger charge is -2.38. The minimum Gasteiger partial charge on any atom is -0.481 e. The second-order valence-corrected chi connectivity index (χ2v) is 6.21. The van der Waals surface area contributed by atoms with E-state index in [1.165, 1.54) is 12.8 Å². The fourth-order valence-electron chi connectivity index (χ4n) is 3.79. The smallest absolute Gasteiger partial charge is 0.310 e. The van der Waals surface area contributed by atoms with Crippen LogP contribution in [-0.2, 0) is 14.3 Å². The SMILES string of the molecule is CN1C2CCC1CC(OC(=O)C1CCC1C(=O)O)C2. The summed E-state index contributed by atoms with van der Waals surface area (Å²) >= 11 is 0. The van der Waals surface area contributed by atoms with Gasteiger partial charge in [0.05, 0.1) is 11.8 Å².